The first-order valence-corrected chi connectivity index (χ1v) is 3.61. The van der Waals surface area contributed by atoms with E-state index >= 15 is 0 Å². The van der Waals surface area contributed by atoms with Crippen LogP contribution in [0.25, 0.3) is 0 Å². The second-order valence-electron chi connectivity index (χ2n) is 1.17. The fourth-order valence-corrected chi connectivity index (χ4v) is 0.407. The fourth-order valence-electron chi connectivity index (χ4n) is 0.203. The molecule has 0 rings (SSSR count). The molecule has 0 saturated carbocycles. The van der Waals surface area contributed by atoms with Gasteiger partial charge in [-0.2, -0.15) is 0 Å². The molecule has 4 heteroatoms. The standard InChI is InChI=1S/C3H9NO2Si/c4-3(5)6-1-2-7/h1-2H2,7H3,(H2,4,5). The van der Waals surface area contributed by atoms with Crippen molar-refractivity contribution in [2.24, 2.45) is 5.73 Å². The molecule has 1 amide bonds. The molecular weight excluding hydrogens is 110 g/mol. The fraction of sp³-hybridized carbons (Fsp3) is 0.667. The maximum atomic E-state index is 9.77. The summed E-state index contributed by atoms with van der Waals surface area (Å²) < 4.78 is 4.36. The SMILES string of the molecule is NC(=O)OCC[SiH3]. The first-order chi connectivity index (χ1) is 3.27. The van der Waals surface area contributed by atoms with Crippen LogP contribution in [0.3, 0.4) is 0 Å². The summed E-state index contributed by atoms with van der Waals surface area (Å²) in [5.74, 6) is 0. The highest BCUT2D eigenvalue weighted by molar-refractivity contribution is 6.08. The van der Waals surface area contributed by atoms with Crippen molar-refractivity contribution in [1.82, 2.24) is 0 Å². The Hall–Kier alpha value is -0.513. The first-order valence-electron chi connectivity index (χ1n) is 2.19. The van der Waals surface area contributed by atoms with Gasteiger partial charge >= 0.3 is 6.09 Å². The molecule has 0 aromatic heterocycles. The van der Waals surface area contributed by atoms with Crippen LogP contribution in [-0.2, 0) is 4.74 Å². The second-order valence-corrected chi connectivity index (χ2v) is 2.17. The van der Waals surface area contributed by atoms with Gasteiger partial charge in [0.25, 0.3) is 0 Å². The number of amides is 1. The number of nitrogens with two attached hydrogens (primary N) is 1. The minimum Gasteiger partial charge on any atom is -0.450 e. The van der Waals surface area contributed by atoms with Crippen molar-refractivity contribution in [3.63, 3.8) is 0 Å². The van der Waals surface area contributed by atoms with Crippen LogP contribution in [0.2, 0.25) is 6.04 Å². The minimum absolute atomic E-state index is 0.488. The molecule has 0 unspecified atom stereocenters. The van der Waals surface area contributed by atoms with Gasteiger partial charge in [-0.1, -0.05) is 0 Å². The zero-order valence-corrected chi connectivity index (χ0v) is 6.31. The largest absolute Gasteiger partial charge is 0.450 e. The highest BCUT2D eigenvalue weighted by Gasteiger charge is 1.86. The number of hydrogen-bond donors (Lipinski definition) is 1. The Morgan fingerprint density at radius 1 is 1.86 bits per heavy atom. The lowest BCUT2D eigenvalue weighted by molar-refractivity contribution is 0.163. The van der Waals surface area contributed by atoms with Crippen molar-refractivity contribution < 1.29 is 9.53 Å². The van der Waals surface area contributed by atoms with Crippen LogP contribution in [0.4, 0.5) is 4.79 Å². The van der Waals surface area contributed by atoms with E-state index in [4.69, 9.17) is 0 Å². The van der Waals surface area contributed by atoms with E-state index in [2.05, 4.69) is 10.5 Å². The molecule has 0 fully saturated rings. The zero-order chi connectivity index (χ0) is 5.70. The summed E-state index contributed by atoms with van der Waals surface area (Å²) in [5.41, 5.74) is 4.63. The maximum absolute atomic E-state index is 9.77. The van der Waals surface area contributed by atoms with Gasteiger partial charge in [0.05, 0.1) is 6.61 Å². The van der Waals surface area contributed by atoms with Crippen molar-refractivity contribution in [2.75, 3.05) is 6.61 Å². The number of primary amides is 1. The number of hydrogen-bond acceptors (Lipinski definition) is 2. The van der Waals surface area contributed by atoms with E-state index in [1.807, 2.05) is 0 Å². The van der Waals surface area contributed by atoms with Gasteiger partial charge < -0.3 is 10.5 Å². The number of rotatable bonds is 2. The quantitative estimate of drug-likeness (QED) is 0.467. The van der Waals surface area contributed by atoms with E-state index in [9.17, 15) is 4.79 Å². The van der Waals surface area contributed by atoms with E-state index < -0.39 is 6.09 Å². The van der Waals surface area contributed by atoms with E-state index in [0.717, 1.165) is 16.3 Å². The predicted molar refractivity (Wildman–Crippen MR) is 30.3 cm³/mol. The predicted octanol–water partition coefficient (Wildman–Crippen LogP) is -1.13. The van der Waals surface area contributed by atoms with Crippen molar-refractivity contribution in [3.05, 3.63) is 0 Å². The van der Waals surface area contributed by atoms with E-state index in [1.165, 1.54) is 0 Å². The maximum Gasteiger partial charge on any atom is 0.404 e. The van der Waals surface area contributed by atoms with Gasteiger partial charge in [-0.05, 0) is 6.04 Å². The summed E-state index contributed by atoms with van der Waals surface area (Å²) in [5, 5.41) is 0. The van der Waals surface area contributed by atoms with Crippen molar-refractivity contribution in [2.45, 2.75) is 6.04 Å². The van der Waals surface area contributed by atoms with Crippen LogP contribution in [0.15, 0.2) is 0 Å². The monoisotopic (exact) mass is 119 g/mol. The molecule has 2 N–H and O–H groups in total. The van der Waals surface area contributed by atoms with Gasteiger partial charge in [0.15, 0.2) is 0 Å². The smallest absolute Gasteiger partial charge is 0.404 e. The van der Waals surface area contributed by atoms with Gasteiger partial charge in [0.1, 0.15) is 0 Å². The summed E-state index contributed by atoms with van der Waals surface area (Å²) in [6.45, 7) is 0.488. The Kier molecular flexibility index (Phi) is 3.40. The van der Waals surface area contributed by atoms with E-state index in [0.29, 0.717) is 6.61 Å². The Balaban J connectivity index is 2.82. The van der Waals surface area contributed by atoms with Gasteiger partial charge in [-0.15, -0.1) is 0 Å². The molecule has 0 atom stereocenters. The van der Waals surface area contributed by atoms with Gasteiger partial charge in [0, 0.05) is 10.2 Å². The minimum atomic E-state index is -0.671. The normalized spacial score (nSPS) is 8.57. The number of ether oxygens (including phenoxy) is 1. The molecular formula is C3H9NO2Si. The van der Waals surface area contributed by atoms with Crippen LogP contribution in [0.5, 0.6) is 0 Å². The van der Waals surface area contributed by atoms with Crippen LogP contribution in [0.1, 0.15) is 0 Å². The Labute approximate surface area is 45.3 Å². The summed E-state index contributed by atoms with van der Waals surface area (Å²) in [6.07, 6.45) is -0.671. The van der Waals surface area contributed by atoms with Crippen molar-refractivity contribution >= 4 is 16.3 Å². The summed E-state index contributed by atoms with van der Waals surface area (Å²) in [4.78, 5) is 9.77. The Bertz CT molecular complexity index is 66.0. The molecule has 0 spiro atoms. The van der Waals surface area contributed by atoms with E-state index in [-0.39, 0.29) is 0 Å². The van der Waals surface area contributed by atoms with Crippen LogP contribution in [-0.4, -0.2) is 22.9 Å². The van der Waals surface area contributed by atoms with Crippen LogP contribution >= 0.6 is 0 Å². The van der Waals surface area contributed by atoms with E-state index in [1.54, 1.807) is 0 Å². The summed E-state index contributed by atoms with van der Waals surface area (Å²) in [7, 11) is 1.06. The number of carbonyl (C=O) groups is 1. The third-order valence-corrected chi connectivity index (χ3v) is 0.857. The molecule has 0 aliphatic carbocycles. The molecule has 7 heavy (non-hydrogen) atoms. The molecule has 42 valence electrons. The highest BCUT2D eigenvalue weighted by Crippen LogP contribution is 1.74. The first kappa shape index (κ1) is 6.49. The molecule has 3 nitrogen and oxygen atoms in total. The van der Waals surface area contributed by atoms with Crippen LogP contribution < -0.4 is 5.73 Å². The van der Waals surface area contributed by atoms with Crippen molar-refractivity contribution in [1.29, 1.82) is 0 Å². The third kappa shape index (κ3) is 5.49. The van der Waals surface area contributed by atoms with Crippen molar-refractivity contribution in [3.8, 4) is 0 Å². The lowest BCUT2D eigenvalue weighted by Gasteiger charge is -1.93. The topological polar surface area (TPSA) is 52.3 Å². The average Bonchev–Trinajstić information content (AvgIpc) is 1.61. The third-order valence-electron chi connectivity index (χ3n) is 0.448. The number of carbonyl (C=O) groups excluding carboxylic acids is 1. The molecule has 0 bridgehead atoms. The molecule has 0 radical (unpaired) electrons. The summed E-state index contributed by atoms with van der Waals surface area (Å²) in [6, 6.07) is 0.961. The zero-order valence-electron chi connectivity index (χ0n) is 4.31. The molecule has 0 aliphatic rings. The highest BCUT2D eigenvalue weighted by atomic mass is 28.1. The molecule has 0 saturated heterocycles. The molecule has 0 aromatic carbocycles. The lowest BCUT2D eigenvalue weighted by atomic mass is 10.8. The molecule has 0 aliphatic heterocycles. The molecule has 0 aromatic rings. The summed E-state index contributed by atoms with van der Waals surface area (Å²) >= 11 is 0. The Morgan fingerprint density at radius 3 is 2.57 bits per heavy atom. The van der Waals surface area contributed by atoms with Crippen LogP contribution in [0, 0.1) is 0 Å². The molecule has 0 heterocycles. The Morgan fingerprint density at radius 2 is 2.43 bits per heavy atom. The van der Waals surface area contributed by atoms with Gasteiger partial charge in [0.2, 0.25) is 0 Å². The van der Waals surface area contributed by atoms with Gasteiger partial charge in [-0.3, -0.25) is 0 Å². The van der Waals surface area contributed by atoms with Gasteiger partial charge in [-0.25, -0.2) is 4.79 Å². The lowest BCUT2D eigenvalue weighted by Crippen LogP contribution is -2.13. The second kappa shape index (κ2) is 3.67. The average molecular weight is 119 g/mol.